The maximum atomic E-state index is 13.0. The smallest absolute Gasteiger partial charge is 0.160 e. The summed E-state index contributed by atoms with van der Waals surface area (Å²) in [5, 5.41) is 35.7. The van der Waals surface area contributed by atoms with Crippen LogP contribution in [-0.4, -0.2) is 101 Å². The minimum absolute atomic E-state index is 0.239. The third-order valence-corrected chi connectivity index (χ3v) is 6.11. The van der Waals surface area contributed by atoms with Gasteiger partial charge in [0.2, 0.25) is 0 Å². The first kappa shape index (κ1) is 35.5. The van der Waals surface area contributed by atoms with E-state index in [4.69, 9.17) is 54.1 Å². The molecule has 1 saturated heterocycles. The Balaban J connectivity index is 0.000000477. The van der Waals surface area contributed by atoms with Crippen molar-refractivity contribution in [3.05, 3.63) is 54.2 Å². The zero-order valence-corrected chi connectivity index (χ0v) is 24.0. The molecule has 2 aromatic heterocycles. The molecular formula is C28H32FN5O10-4. The molecule has 0 spiro atoms. The Bertz CT molecular complexity index is 1310. The molecule has 1 aliphatic heterocycles. The highest BCUT2D eigenvalue weighted by Gasteiger charge is 2.20. The van der Waals surface area contributed by atoms with Gasteiger partial charge in [0, 0.05) is 52.1 Å². The van der Waals surface area contributed by atoms with Gasteiger partial charge in [0.15, 0.2) is 5.65 Å². The molecule has 3 aromatic rings. The van der Waals surface area contributed by atoms with Crippen molar-refractivity contribution in [1.29, 1.82) is 0 Å². The molecule has 3 heterocycles. The maximum absolute atomic E-state index is 13.0. The van der Waals surface area contributed by atoms with Gasteiger partial charge in [0.05, 0.1) is 43.6 Å². The summed E-state index contributed by atoms with van der Waals surface area (Å²) in [5.41, 5.74) is 1.88. The molecule has 16 heteroatoms. The number of fused-ring (bicyclic) bond motifs is 1. The summed E-state index contributed by atoms with van der Waals surface area (Å²) in [4.78, 5) is 50.0. The number of imidazole rings is 1. The average Bonchev–Trinajstić information content (AvgIpc) is 3.34. The van der Waals surface area contributed by atoms with E-state index in [9.17, 15) is 4.39 Å². The van der Waals surface area contributed by atoms with Gasteiger partial charge in [0.1, 0.15) is 22.9 Å². The van der Waals surface area contributed by atoms with E-state index in [2.05, 4.69) is 19.4 Å². The highest BCUT2D eigenvalue weighted by atomic mass is 19.1. The van der Waals surface area contributed by atoms with Gasteiger partial charge < -0.3 is 58.5 Å². The van der Waals surface area contributed by atoms with E-state index >= 15 is 0 Å². The van der Waals surface area contributed by atoms with Crippen LogP contribution in [0.1, 0.15) is 19.2 Å². The number of pyridine rings is 1. The van der Waals surface area contributed by atoms with Crippen molar-refractivity contribution in [2.75, 3.05) is 52.5 Å². The first-order valence-electron chi connectivity index (χ1n) is 13.6. The summed E-state index contributed by atoms with van der Waals surface area (Å²) in [6, 6.07) is 10.2. The molecule has 0 amide bonds. The highest BCUT2D eigenvalue weighted by molar-refractivity contribution is 6.25. The number of nitrogens with zero attached hydrogens (tertiary/aromatic N) is 5. The van der Waals surface area contributed by atoms with E-state index in [-0.39, 0.29) is 5.82 Å². The maximum Gasteiger partial charge on any atom is 0.160 e. The predicted molar refractivity (Wildman–Crippen MR) is 142 cm³/mol. The number of carboxylic acids is 4. The van der Waals surface area contributed by atoms with Gasteiger partial charge in [-0.1, -0.05) is 0 Å². The number of ether oxygens (including phenoxy) is 2. The SMILES string of the molecule is CCOCCn1c(CN2CCN(CCCOc3ccc(F)cc3)CC2)nc2cccnc21.O=C([O-])C(=O)[O-].O=C([O-])C(=O)[O-]. The van der Waals surface area contributed by atoms with Gasteiger partial charge in [-0.3, -0.25) is 4.90 Å². The molecule has 1 aliphatic rings. The lowest BCUT2D eigenvalue weighted by atomic mass is 10.3. The van der Waals surface area contributed by atoms with Gasteiger partial charge in [-0.25, -0.2) is 14.4 Å². The molecule has 240 valence electrons. The van der Waals surface area contributed by atoms with Crippen molar-refractivity contribution in [1.82, 2.24) is 24.3 Å². The van der Waals surface area contributed by atoms with Crippen molar-refractivity contribution in [3.63, 3.8) is 0 Å². The number of hydrogen-bond acceptors (Lipinski definition) is 14. The van der Waals surface area contributed by atoms with Gasteiger partial charge in [-0.15, -0.1) is 0 Å². The molecule has 1 fully saturated rings. The molecule has 0 radical (unpaired) electrons. The van der Waals surface area contributed by atoms with Crippen LogP contribution in [-0.2, 0) is 37.0 Å². The fraction of sp³-hybridized carbons (Fsp3) is 0.429. The number of hydrogen-bond donors (Lipinski definition) is 0. The molecule has 1 aromatic carbocycles. The van der Waals surface area contributed by atoms with Crippen molar-refractivity contribution >= 4 is 35.0 Å². The molecule has 4 rings (SSSR count). The molecule has 15 nitrogen and oxygen atoms in total. The highest BCUT2D eigenvalue weighted by Crippen LogP contribution is 2.17. The summed E-state index contributed by atoms with van der Waals surface area (Å²) in [6.07, 6.45) is 2.78. The number of benzene rings is 1. The van der Waals surface area contributed by atoms with Gasteiger partial charge in [-0.2, -0.15) is 0 Å². The molecule has 0 N–H and O–H groups in total. The minimum atomic E-state index is -2.19. The number of piperazine rings is 1. The summed E-state index contributed by atoms with van der Waals surface area (Å²) in [6.45, 7) is 10.7. The van der Waals surface area contributed by atoms with Crippen LogP contribution < -0.4 is 25.2 Å². The summed E-state index contributed by atoms with van der Waals surface area (Å²) in [7, 11) is 0. The third kappa shape index (κ3) is 12.7. The van der Waals surface area contributed by atoms with Crippen LogP contribution >= 0.6 is 0 Å². The largest absolute Gasteiger partial charge is 0.543 e. The number of rotatable bonds is 11. The average molecular weight is 618 g/mol. The van der Waals surface area contributed by atoms with Gasteiger partial charge in [0.25, 0.3) is 0 Å². The lowest BCUT2D eigenvalue weighted by Gasteiger charge is -2.34. The van der Waals surface area contributed by atoms with E-state index in [0.29, 0.717) is 19.8 Å². The Kier molecular flexibility index (Phi) is 15.2. The molecule has 0 bridgehead atoms. The molecule has 0 atom stereocenters. The van der Waals surface area contributed by atoms with Crippen molar-refractivity contribution in [3.8, 4) is 5.75 Å². The van der Waals surface area contributed by atoms with Crippen molar-refractivity contribution in [2.24, 2.45) is 0 Å². The van der Waals surface area contributed by atoms with Gasteiger partial charge in [-0.05, 0) is 49.7 Å². The van der Waals surface area contributed by atoms with E-state index in [1.54, 1.807) is 12.1 Å². The molecule has 44 heavy (non-hydrogen) atoms. The Hall–Kier alpha value is -4.67. The molecule has 0 unspecified atom stereocenters. The molecular weight excluding hydrogens is 585 g/mol. The Morgan fingerprint density at radius 1 is 0.841 bits per heavy atom. The first-order valence-corrected chi connectivity index (χ1v) is 13.6. The topological polar surface area (TPSA) is 216 Å². The lowest BCUT2D eigenvalue weighted by molar-refractivity contribution is -0.345. The summed E-state index contributed by atoms with van der Waals surface area (Å²) >= 11 is 0. The van der Waals surface area contributed by atoms with Crippen molar-refractivity contribution in [2.45, 2.75) is 26.4 Å². The Morgan fingerprint density at radius 3 is 2.00 bits per heavy atom. The zero-order valence-electron chi connectivity index (χ0n) is 24.0. The molecule has 0 saturated carbocycles. The third-order valence-electron chi connectivity index (χ3n) is 6.11. The van der Waals surface area contributed by atoms with Crippen LogP contribution in [0.5, 0.6) is 5.75 Å². The quantitative estimate of drug-likeness (QED) is 0.149. The fourth-order valence-electron chi connectivity index (χ4n) is 4.04. The van der Waals surface area contributed by atoms with E-state index in [1.807, 2.05) is 25.3 Å². The predicted octanol–water partition coefficient (Wildman–Crippen LogP) is -3.83. The minimum Gasteiger partial charge on any atom is -0.543 e. The zero-order chi connectivity index (χ0) is 32.5. The Morgan fingerprint density at radius 2 is 1.43 bits per heavy atom. The number of aromatic nitrogens is 3. The standard InChI is InChI=1S/C24H32FN5O2.2C2H2O4/c1-2-31-18-16-30-23(27-22-5-3-10-26-24(22)30)19-29-14-12-28(13-15-29)11-4-17-32-21-8-6-20(25)7-9-21;2*3-1(4)2(5)6/h3,5-10H,2,4,11-19H2,1H3;2*(H,3,4)(H,5,6)/p-4. The van der Waals surface area contributed by atoms with Crippen LogP contribution in [0.25, 0.3) is 11.2 Å². The van der Waals surface area contributed by atoms with Crippen LogP contribution in [0.15, 0.2) is 42.6 Å². The van der Waals surface area contributed by atoms with Crippen LogP contribution in [0.3, 0.4) is 0 Å². The molecule has 0 aliphatic carbocycles. The number of aliphatic carboxylic acids is 4. The van der Waals surface area contributed by atoms with Gasteiger partial charge >= 0.3 is 0 Å². The monoisotopic (exact) mass is 617 g/mol. The second kappa shape index (κ2) is 18.8. The summed E-state index contributed by atoms with van der Waals surface area (Å²) < 4.78 is 26.4. The van der Waals surface area contributed by atoms with Crippen LogP contribution in [0.4, 0.5) is 4.39 Å². The van der Waals surface area contributed by atoms with Crippen LogP contribution in [0, 0.1) is 5.82 Å². The normalized spacial score (nSPS) is 13.2. The van der Waals surface area contributed by atoms with Crippen molar-refractivity contribution < 1.29 is 53.5 Å². The summed E-state index contributed by atoms with van der Waals surface area (Å²) in [5.74, 6) is -7.20. The number of carbonyl (C=O) groups excluding carboxylic acids is 4. The number of halogens is 1. The lowest BCUT2D eigenvalue weighted by Crippen LogP contribution is -2.46. The second-order valence-corrected chi connectivity index (χ2v) is 9.15. The first-order chi connectivity index (χ1) is 21.0. The van der Waals surface area contributed by atoms with E-state index in [0.717, 1.165) is 75.0 Å². The van der Waals surface area contributed by atoms with E-state index < -0.39 is 23.9 Å². The van der Waals surface area contributed by atoms with Crippen LogP contribution in [0.2, 0.25) is 0 Å². The van der Waals surface area contributed by atoms with E-state index in [1.165, 1.54) is 12.1 Å². The number of carboxylic acid groups (broad SMARTS) is 4. The number of carbonyl (C=O) groups is 4. The second-order valence-electron chi connectivity index (χ2n) is 9.15. The Labute approximate surface area is 252 Å². The fourth-order valence-corrected chi connectivity index (χ4v) is 4.04.